The molecule has 2 rings (SSSR count). The normalized spacial score (nSPS) is 23.8. The first-order valence-corrected chi connectivity index (χ1v) is 35.1. The first kappa shape index (κ1) is 82.0. The van der Waals surface area contributed by atoms with Crippen LogP contribution >= 0.6 is 0 Å². The van der Waals surface area contributed by atoms with Crippen LogP contribution in [0.4, 0.5) is 0 Å². The van der Waals surface area contributed by atoms with Crippen LogP contribution in [0, 0.1) is 0 Å². The molecule has 2 fully saturated rings. The van der Waals surface area contributed by atoms with E-state index in [0.717, 1.165) is 103 Å². The third-order valence-corrected chi connectivity index (χ3v) is 16.0. The van der Waals surface area contributed by atoms with E-state index in [9.17, 15) is 45.6 Å². The monoisotopic (exact) mass is 1260 g/mol. The Labute approximate surface area is 544 Å². The molecule has 512 valence electrons. The average Bonchev–Trinajstić information content (AvgIpc) is 1.28. The van der Waals surface area contributed by atoms with Gasteiger partial charge in [0, 0.05) is 6.42 Å². The van der Waals surface area contributed by atoms with Gasteiger partial charge in [-0.15, -0.1) is 0 Å². The van der Waals surface area contributed by atoms with Crippen LogP contribution in [-0.4, -0.2) is 140 Å². The first-order chi connectivity index (χ1) is 44.1. The highest BCUT2D eigenvalue weighted by molar-refractivity contribution is 5.76. The lowest BCUT2D eigenvalue weighted by Crippen LogP contribution is -2.65. The minimum Gasteiger partial charge on any atom is -0.394 e. The van der Waals surface area contributed by atoms with Crippen molar-refractivity contribution in [3.63, 3.8) is 0 Å². The van der Waals surface area contributed by atoms with E-state index in [1.165, 1.54) is 96.3 Å². The Morgan fingerprint density at radius 1 is 0.411 bits per heavy atom. The second-order valence-corrected chi connectivity index (χ2v) is 23.9. The maximum Gasteiger partial charge on any atom is 0.220 e. The van der Waals surface area contributed by atoms with Crippen LogP contribution in [0.3, 0.4) is 0 Å². The van der Waals surface area contributed by atoms with Crippen LogP contribution in [0.25, 0.3) is 0 Å². The highest BCUT2D eigenvalue weighted by Gasteiger charge is 2.51. The van der Waals surface area contributed by atoms with Gasteiger partial charge in [-0.05, 0) is 109 Å². The number of ether oxygens (including phenoxy) is 4. The highest BCUT2D eigenvalue weighted by Crippen LogP contribution is 2.30. The van der Waals surface area contributed by atoms with Crippen LogP contribution in [0.15, 0.2) is 146 Å². The molecule has 0 bridgehead atoms. The number of hydrogen-bond donors (Lipinski definition) is 9. The van der Waals surface area contributed by atoms with Gasteiger partial charge >= 0.3 is 0 Å². The van der Waals surface area contributed by atoms with E-state index < -0.39 is 86.8 Å². The largest absolute Gasteiger partial charge is 0.394 e. The topological polar surface area (TPSA) is 228 Å². The maximum absolute atomic E-state index is 13.3. The molecule has 2 heterocycles. The Kier molecular flexibility index (Phi) is 53.4. The smallest absolute Gasteiger partial charge is 0.220 e. The van der Waals surface area contributed by atoms with Gasteiger partial charge in [-0.1, -0.05) is 262 Å². The third kappa shape index (κ3) is 42.2. The molecule has 0 aromatic heterocycles. The molecule has 14 nitrogen and oxygen atoms in total. The zero-order valence-electron chi connectivity index (χ0n) is 55.6. The summed E-state index contributed by atoms with van der Waals surface area (Å²) < 4.78 is 22.8. The molecule has 0 aromatic carbocycles. The fraction of sp³-hybridized carbons (Fsp3) is 0.671. The summed E-state index contributed by atoms with van der Waals surface area (Å²) in [5, 5.41) is 87.4. The number of nitrogens with one attached hydrogen (secondary N) is 1. The molecule has 9 N–H and O–H groups in total. The number of aliphatic hydroxyl groups is 8. The van der Waals surface area contributed by atoms with Gasteiger partial charge < -0.3 is 65.1 Å². The summed E-state index contributed by atoms with van der Waals surface area (Å²) in [6.07, 6.45) is 71.8. The number of unbranched alkanes of at least 4 members (excludes halogenated alkanes) is 20. The van der Waals surface area contributed by atoms with Crippen molar-refractivity contribution < 1.29 is 64.6 Å². The van der Waals surface area contributed by atoms with Gasteiger partial charge in [-0.2, -0.15) is 0 Å². The summed E-state index contributed by atoms with van der Waals surface area (Å²) in [5.74, 6) is -0.279. The van der Waals surface area contributed by atoms with Gasteiger partial charge in [0.05, 0.1) is 32.0 Å². The van der Waals surface area contributed by atoms with E-state index in [4.69, 9.17) is 18.9 Å². The fourth-order valence-electron chi connectivity index (χ4n) is 10.5. The van der Waals surface area contributed by atoms with Gasteiger partial charge in [-0.3, -0.25) is 4.79 Å². The van der Waals surface area contributed by atoms with Crippen molar-refractivity contribution in [3.05, 3.63) is 146 Å². The van der Waals surface area contributed by atoms with E-state index in [-0.39, 0.29) is 18.9 Å². The van der Waals surface area contributed by atoms with Gasteiger partial charge in [0.15, 0.2) is 12.6 Å². The molecule has 2 saturated heterocycles. The van der Waals surface area contributed by atoms with Gasteiger partial charge in [0.2, 0.25) is 5.91 Å². The molecule has 0 spiro atoms. The SMILES string of the molecule is CC/C=C\C/C=C\C/C=C\C/C=C\C/C=C\C/C=C\C/C=C\C/C=C\C/C=C\C/C=C\CCCCCCC(=O)NC(COC1OC(CO)C(OC2OC(CO)C(O)C(O)C2O)C(O)C1O)C(O)/C=C/CC/C=C/CCCCCCCCCCCCCCCCC. The standard InChI is InChI=1S/C76H125NO13/c1-3-5-7-9-11-13-15-17-19-21-23-25-26-27-28-29-30-31-32-33-34-35-36-37-38-40-42-44-46-48-50-52-54-56-58-60-68(81)77-64(65(80)59-57-55-53-51-49-47-45-43-41-39-24-22-20-18-16-14-12-10-8-6-4-2)63-87-75-73(86)71(84)74(67(62-79)89-75)90-76-72(85)70(83)69(82)66(61-78)88-76/h5,7,11,13,17,19,23,25,27-28,30-31,33-34,36-37,40,42,46,48-49,51,57,59,64-67,69-76,78-80,82-86H,3-4,6,8-10,12,14-16,18,20-22,24,26,29,32,35,38-39,41,43-45,47,50,52-56,58,60-63H2,1-2H3,(H,77,81)/b7-5-,13-11-,19-17-,25-23-,28-27-,31-30-,34-33-,37-36-,42-40-,48-46-,51-49+,59-57+. The number of allylic oxidation sites excluding steroid dienone is 23. The van der Waals surface area contributed by atoms with Crippen molar-refractivity contribution >= 4 is 5.91 Å². The van der Waals surface area contributed by atoms with Crippen LogP contribution < -0.4 is 5.32 Å². The van der Waals surface area contributed by atoms with Crippen molar-refractivity contribution in [2.24, 2.45) is 0 Å². The fourth-order valence-corrected chi connectivity index (χ4v) is 10.5. The summed E-state index contributed by atoms with van der Waals surface area (Å²) in [7, 11) is 0. The minimum absolute atomic E-state index is 0.234. The number of hydrogen-bond acceptors (Lipinski definition) is 13. The molecule has 0 aromatic rings. The molecule has 1 amide bonds. The van der Waals surface area contributed by atoms with Crippen LogP contribution in [0.5, 0.6) is 0 Å². The van der Waals surface area contributed by atoms with Crippen LogP contribution in [0.2, 0.25) is 0 Å². The lowest BCUT2D eigenvalue weighted by Gasteiger charge is -2.46. The number of aliphatic hydroxyl groups excluding tert-OH is 8. The lowest BCUT2D eigenvalue weighted by atomic mass is 9.97. The predicted molar refractivity (Wildman–Crippen MR) is 368 cm³/mol. The second kappa shape index (κ2) is 58.7. The molecule has 12 atom stereocenters. The van der Waals surface area contributed by atoms with E-state index in [0.29, 0.717) is 12.8 Å². The Morgan fingerprint density at radius 2 is 0.778 bits per heavy atom. The maximum atomic E-state index is 13.3. The number of carbonyl (C=O) groups excluding carboxylic acids is 1. The van der Waals surface area contributed by atoms with E-state index in [1.807, 2.05) is 6.08 Å². The van der Waals surface area contributed by atoms with E-state index in [1.54, 1.807) is 6.08 Å². The Balaban J connectivity index is 1.72. The first-order valence-electron chi connectivity index (χ1n) is 35.1. The number of carbonyl (C=O) groups is 1. The average molecular weight is 1260 g/mol. The number of amides is 1. The summed E-state index contributed by atoms with van der Waals surface area (Å²) in [6, 6.07) is -0.958. The van der Waals surface area contributed by atoms with E-state index >= 15 is 0 Å². The van der Waals surface area contributed by atoms with Crippen molar-refractivity contribution in [1.29, 1.82) is 0 Å². The van der Waals surface area contributed by atoms with Crippen LogP contribution in [-0.2, 0) is 23.7 Å². The zero-order valence-corrected chi connectivity index (χ0v) is 55.6. The summed E-state index contributed by atoms with van der Waals surface area (Å²) >= 11 is 0. The second-order valence-electron chi connectivity index (χ2n) is 23.9. The Morgan fingerprint density at radius 3 is 1.22 bits per heavy atom. The number of rotatable bonds is 55. The molecule has 90 heavy (non-hydrogen) atoms. The van der Waals surface area contributed by atoms with Crippen molar-refractivity contribution in [1.82, 2.24) is 5.32 Å². The van der Waals surface area contributed by atoms with Crippen LogP contribution in [0.1, 0.15) is 232 Å². The van der Waals surface area contributed by atoms with Gasteiger partial charge in [-0.25, -0.2) is 0 Å². The zero-order chi connectivity index (χ0) is 65.2. The molecule has 0 saturated carbocycles. The minimum atomic E-state index is -1.80. The van der Waals surface area contributed by atoms with E-state index in [2.05, 4.69) is 153 Å². The molecule has 0 aliphatic carbocycles. The van der Waals surface area contributed by atoms with Gasteiger partial charge in [0.25, 0.3) is 0 Å². The molecule has 2 aliphatic heterocycles. The van der Waals surface area contributed by atoms with Crippen molar-refractivity contribution in [2.45, 2.75) is 306 Å². The summed E-state index contributed by atoms with van der Waals surface area (Å²) in [4.78, 5) is 13.3. The summed E-state index contributed by atoms with van der Waals surface area (Å²) in [5.41, 5.74) is 0. The van der Waals surface area contributed by atoms with Crippen molar-refractivity contribution in [3.8, 4) is 0 Å². The summed E-state index contributed by atoms with van der Waals surface area (Å²) in [6.45, 7) is 2.65. The molecular formula is C76H125NO13. The van der Waals surface area contributed by atoms with Crippen molar-refractivity contribution in [2.75, 3.05) is 19.8 Å². The predicted octanol–water partition coefficient (Wildman–Crippen LogP) is 14.5. The lowest BCUT2D eigenvalue weighted by molar-refractivity contribution is -0.359. The highest BCUT2D eigenvalue weighted by atomic mass is 16.7. The van der Waals surface area contributed by atoms with Gasteiger partial charge in [0.1, 0.15) is 48.8 Å². The quantitative estimate of drug-likeness (QED) is 0.0204. The Hall–Kier alpha value is -4.13. The third-order valence-electron chi connectivity index (χ3n) is 16.0. The molecule has 0 radical (unpaired) electrons. The molecule has 14 heteroatoms. The Bertz CT molecular complexity index is 2070. The molecule has 12 unspecified atom stereocenters. The molecular weight excluding hydrogens is 1130 g/mol. The molecule has 2 aliphatic rings.